The van der Waals surface area contributed by atoms with Crippen molar-refractivity contribution in [2.24, 2.45) is 0 Å². The fourth-order valence-corrected chi connectivity index (χ4v) is 3.53. The van der Waals surface area contributed by atoms with Gasteiger partial charge in [-0.25, -0.2) is 0 Å². The molecule has 0 amide bonds. The van der Waals surface area contributed by atoms with Crippen LogP contribution in [0, 0.1) is 6.92 Å². The summed E-state index contributed by atoms with van der Waals surface area (Å²) in [5, 5.41) is 1.10. The first kappa shape index (κ1) is 16.0. The number of methoxy groups -OCH3 is 1. The van der Waals surface area contributed by atoms with Crippen molar-refractivity contribution >= 4 is 28.4 Å². The van der Waals surface area contributed by atoms with Gasteiger partial charge in [-0.1, -0.05) is 26.2 Å². The summed E-state index contributed by atoms with van der Waals surface area (Å²) in [6.45, 7) is 4.22. The Labute approximate surface area is 131 Å². The van der Waals surface area contributed by atoms with Gasteiger partial charge in [0.15, 0.2) is 0 Å². The second-order valence-corrected chi connectivity index (χ2v) is 6.36. The van der Waals surface area contributed by atoms with E-state index in [1.54, 1.807) is 7.11 Å². The van der Waals surface area contributed by atoms with Gasteiger partial charge in [-0.2, -0.15) is 0 Å². The summed E-state index contributed by atoms with van der Waals surface area (Å²) in [5.74, 6) is 1.95. The third-order valence-corrected chi connectivity index (χ3v) is 4.73. The quantitative estimate of drug-likeness (QED) is 0.453. The van der Waals surface area contributed by atoms with E-state index in [0.29, 0.717) is 5.69 Å². The zero-order chi connectivity index (χ0) is 15.2. The summed E-state index contributed by atoms with van der Waals surface area (Å²) >= 11 is 1.85. The first-order valence-electron chi connectivity index (χ1n) is 7.54. The van der Waals surface area contributed by atoms with Crippen molar-refractivity contribution in [1.82, 2.24) is 4.98 Å². The number of nitrogens with zero attached hydrogens (tertiary/aromatic N) is 1. The summed E-state index contributed by atoms with van der Waals surface area (Å²) in [4.78, 5) is 5.73. The molecule has 1 aromatic carbocycles. The second kappa shape index (κ2) is 7.55. The van der Waals surface area contributed by atoms with E-state index >= 15 is 0 Å². The molecule has 0 radical (unpaired) electrons. The van der Waals surface area contributed by atoms with Crippen LogP contribution in [0.15, 0.2) is 23.1 Å². The van der Waals surface area contributed by atoms with E-state index in [2.05, 4.69) is 18.0 Å². The Morgan fingerprint density at radius 3 is 2.76 bits per heavy atom. The summed E-state index contributed by atoms with van der Waals surface area (Å²) in [7, 11) is 1.70. The van der Waals surface area contributed by atoms with Crippen LogP contribution >= 0.6 is 11.8 Å². The number of pyridine rings is 1. The summed E-state index contributed by atoms with van der Waals surface area (Å²) < 4.78 is 5.51. The van der Waals surface area contributed by atoms with Crippen LogP contribution in [-0.4, -0.2) is 17.8 Å². The first-order valence-corrected chi connectivity index (χ1v) is 8.52. The van der Waals surface area contributed by atoms with E-state index in [1.165, 1.54) is 25.7 Å². The minimum atomic E-state index is 0.681. The van der Waals surface area contributed by atoms with E-state index < -0.39 is 0 Å². The number of thioether (sulfide) groups is 1. The molecule has 0 spiro atoms. The third kappa shape index (κ3) is 3.82. The molecule has 0 aliphatic rings. The number of unbranched alkanes of at least 4 members (excludes halogenated alkanes) is 3. The monoisotopic (exact) mass is 304 g/mol. The number of nitrogens with two attached hydrogens (primary N) is 1. The third-order valence-electron chi connectivity index (χ3n) is 3.53. The van der Waals surface area contributed by atoms with Crippen molar-refractivity contribution in [2.45, 2.75) is 44.4 Å². The number of rotatable bonds is 7. The lowest BCUT2D eigenvalue weighted by Crippen LogP contribution is -1.97. The number of ether oxygens (including phenoxy) is 1. The van der Waals surface area contributed by atoms with Crippen LogP contribution < -0.4 is 10.5 Å². The molecule has 1 aromatic heterocycles. The van der Waals surface area contributed by atoms with Crippen LogP contribution in [0.1, 0.15) is 38.3 Å². The van der Waals surface area contributed by atoms with Gasteiger partial charge >= 0.3 is 0 Å². The molecule has 2 aromatic rings. The van der Waals surface area contributed by atoms with Gasteiger partial charge < -0.3 is 10.5 Å². The molecule has 0 bridgehead atoms. The lowest BCUT2D eigenvalue weighted by atomic mass is 10.1. The lowest BCUT2D eigenvalue weighted by Gasteiger charge is -2.13. The Morgan fingerprint density at radius 1 is 1.24 bits per heavy atom. The molecule has 0 saturated heterocycles. The molecule has 114 valence electrons. The molecular formula is C17H24N2OS. The van der Waals surface area contributed by atoms with Crippen molar-refractivity contribution in [3.05, 3.63) is 23.9 Å². The standard InChI is InChI=1S/C17H24N2OS/c1-4-5-6-7-10-21-17-13-9-8-12(2)19-16(13)14(18)11-15(17)20-3/h8-9,11H,4-7,10,18H2,1-3H3. The smallest absolute Gasteiger partial charge is 0.135 e. The average molecular weight is 304 g/mol. The highest BCUT2D eigenvalue weighted by atomic mass is 32.2. The molecular weight excluding hydrogens is 280 g/mol. The van der Waals surface area contributed by atoms with Gasteiger partial charge in [0.05, 0.1) is 23.2 Å². The zero-order valence-corrected chi connectivity index (χ0v) is 13.9. The van der Waals surface area contributed by atoms with Crippen LogP contribution in [0.4, 0.5) is 5.69 Å². The number of benzene rings is 1. The molecule has 3 nitrogen and oxygen atoms in total. The number of fused-ring (bicyclic) bond motifs is 1. The molecule has 0 aliphatic heterocycles. The minimum absolute atomic E-state index is 0.681. The van der Waals surface area contributed by atoms with Gasteiger partial charge in [0.1, 0.15) is 5.75 Å². The predicted molar refractivity (Wildman–Crippen MR) is 92.3 cm³/mol. The molecule has 0 saturated carbocycles. The highest BCUT2D eigenvalue weighted by molar-refractivity contribution is 7.99. The summed E-state index contributed by atoms with van der Waals surface area (Å²) in [5.41, 5.74) is 8.66. The largest absolute Gasteiger partial charge is 0.495 e. The Bertz CT molecular complexity index is 613. The van der Waals surface area contributed by atoms with Gasteiger partial charge in [0, 0.05) is 17.1 Å². The van der Waals surface area contributed by atoms with E-state index in [4.69, 9.17) is 10.5 Å². The molecule has 0 fully saturated rings. The molecule has 0 unspecified atom stereocenters. The fraction of sp³-hybridized carbons (Fsp3) is 0.471. The van der Waals surface area contributed by atoms with E-state index in [1.807, 2.05) is 30.8 Å². The van der Waals surface area contributed by atoms with Crippen molar-refractivity contribution in [3.63, 3.8) is 0 Å². The molecule has 4 heteroatoms. The Morgan fingerprint density at radius 2 is 2.05 bits per heavy atom. The van der Waals surface area contributed by atoms with Gasteiger partial charge in [0.25, 0.3) is 0 Å². The van der Waals surface area contributed by atoms with Gasteiger partial charge in [-0.15, -0.1) is 11.8 Å². The maximum absolute atomic E-state index is 6.11. The van der Waals surface area contributed by atoms with Gasteiger partial charge in [-0.05, 0) is 31.2 Å². The lowest BCUT2D eigenvalue weighted by molar-refractivity contribution is 0.406. The van der Waals surface area contributed by atoms with Crippen molar-refractivity contribution in [3.8, 4) is 5.75 Å². The molecule has 0 atom stereocenters. The number of hydrogen-bond donors (Lipinski definition) is 1. The van der Waals surface area contributed by atoms with Crippen LogP contribution in [0.3, 0.4) is 0 Å². The molecule has 2 N–H and O–H groups in total. The Hall–Kier alpha value is -1.42. The molecule has 21 heavy (non-hydrogen) atoms. The van der Waals surface area contributed by atoms with Gasteiger partial charge in [-0.3, -0.25) is 4.98 Å². The number of nitrogen functional groups attached to an aromatic ring is 1. The highest BCUT2D eigenvalue weighted by Gasteiger charge is 2.13. The topological polar surface area (TPSA) is 48.1 Å². The van der Waals surface area contributed by atoms with Crippen molar-refractivity contribution in [1.29, 1.82) is 0 Å². The second-order valence-electron chi connectivity index (χ2n) is 5.26. The summed E-state index contributed by atoms with van der Waals surface area (Å²) in [6, 6.07) is 6.02. The van der Waals surface area contributed by atoms with Crippen molar-refractivity contribution < 1.29 is 4.74 Å². The maximum atomic E-state index is 6.11. The Balaban J connectivity index is 2.29. The number of aryl methyl sites for hydroxylation is 1. The van der Waals surface area contributed by atoms with Crippen LogP contribution in [0.2, 0.25) is 0 Å². The zero-order valence-electron chi connectivity index (χ0n) is 13.1. The number of hydrogen-bond acceptors (Lipinski definition) is 4. The SMILES string of the molecule is CCCCCCSc1c(OC)cc(N)c2nc(C)ccc12. The maximum Gasteiger partial charge on any atom is 0.135 e. The van der Waals surface area contributed by atoms with E-state index in [9.17, 15) is 0 Å². The van der Waals surface area contributed by atoms with Crippen molar-refractivity contribution in [2.75, 3.05) is 18.6 Å². The van der Waals surface area contributed by atoms with E-state index in [-0.39, 0.29) is 0 Å². The van der Waals surface area contributed by atoms with Crippen LogP contribution in [0.5, 0.6) is 5.75 Å². The Kier molecular flexibility index (Phi) is 5.74. The van der Waals surface area contributed by atoms with E-state index in [0.717, 1.165) is 33.0 Å². The van der Waals surface area contributed by atoms with Crippen LogP contribution in [-0.2, 0) is 0 Å². The first-order chi connectivity index (χ1) is 10.2. The molecule has 0 aliphatic carbocycles. The fourth-order valence-electron chi connectivity index (χ4n) is 2.37. The minimum Gasteiger partial charge on any atom is -0.495 e. The average Bonchev–Trinajstić information content (AvgIpc) is 2.49. The summed E-state index contributed by atoms with van der Waals surface area (Å²) in [6.07, 6.45) is 5.09. The normalized spacial score (nSPS) is 11.0. The van der Waals surface area contributed by atoms with Crippen LogP contribution in [0.25, 0.3) is 10.9 Å². The number of aromatic nitrogens is 1. The van der Waals surface area contributed by atoms with Gasteiger partial charge in [0.2, 0.25) is 0 Å². The highest BCUT2D eigenvalue weighted by Crippen LogP contribution is 2.39. The molecule has 1 heterocycles. The molecule has 2 rings (SSSR count). The predicted octanol–water partition coefficient (Wildman–Crippen LogP) is 4.81. The number of anilines is 1.